The Balaban J connectivity index is 1.26. The van der Waals surface area contributed by atoms with E-state index in [-0.39, 0.29) is 34.2 Å². The smallest absolute Gasteiger partial charge is 0.350 e. The van der Waals surface area contributed by atoms with E-state index in [0.717, 1.165) is 35.7 Å². The van der Waals surface area contributed by atoms with Gasteiger partial charge in [-0.2, -0.15) is 10.5 Å². The minimum Gasteiger partial charge on any atom is -0.351 e. The minimum absolute atomic E-state index is 0.0245. The van der Waals surface area contributed by atoms with Crippen molar-refractivity contribution in [1.29, 1.82) is 15.8 Å². The van der Waals surface area contributed by atoms with Crippen LogP contribution < -0.4 is 0 Å². The molecule has 0 radical (unpaired) electrons. The second kappa shape index (κ2) is 10.1. The highest BCUT2D eigenvalue weighted by Gasteiger charge is 2.52. The molecule has 2 heterocycles. The maximum absolute atomic E-state index is 9.35. The van der Waals surface area contributed by atoms with Crippen molar-refractivity contribution in [3.8, 4) is 18.2 Å². The molecule has 2 fully saturated rings. The van der Waals surface area contributed by atoms with Gasteiger partial charge in [-0.15, -0.1) is 11.3 Å². The summed E-state index contributed by atoms with van der Waals surface area (Å²) < 4.78 is 0. The fourth-order valence-electron chi connectivity index (χ4n) is 8.92. The van der Waals surface area contributed by atoms with Gasteiger partial charge in [-0.05, 0) is 65.2 Å². The van der Waals surface area contributed by atoms with Gasteiger partial charge in [0.15, 0.2) is 0 Å². The summed E-state index contributed by atoms with van der Waals surface area (Å²) in [4.78, 5) is 14.7. The molecule has 2 unspecified atom stereocenters. The number of rotatable bonds is 2. The number of thiophene rings is 2. The summed E-state index contributed by atoms with van der Waals surface area (Å²) in [6.07, 6.45) is 21.9. The second-order valence-corrected chi connectivity index (χ2v) is 14.8. The lowest BCUT2D eigenvalue weighted by atomic mass is 9.63. The maximum atomic E-state index is 9.35. The van der Waals surface area contributed by atoms with Crippen LogP contribution in [0.2, 0.25) is 0 Å². The normalized spacial score (nSPS) is 24.9. The summed E-state index contributed by atoms with van der Waals surface area (Å²) in [6.45, 7) is 7.32. The van der Waals surface area contributed by atoms with Gasteiger partial charge in [-0.25, -0.2) is 10.3 Å². The first-order valence-electron chi connectivity index (χ1n) is 15.5. The summed E-state index contributed by atoms with van der Waals surface area (Å²) >= 11 is 3.26. The molecule has 0 bridgehead atoms. The van der Waals surface area contributed by atoms with Crippen LogP contribution in [0.1, 0.15) is 85.1 Å². The van der Waals surface area contributed by atoms with Gasteiger partial charge in [0.25, 0.3) is 0 Å². The lowest BCUT2D eigenvalue weighted by Gasteiger charge is -2.40. The molecular formula is C36H28N6S2. The van der Waals surface area contributed by atoms with Gasteiger partial charge in [0.2, 0.25) is 10.7 Å². The zero-order chi connectivity index (χ0) is 30.1. The summed E-state index contributed by atoms with van der Waals surface area (Å²) in [5.41, 5.74) is 8.14. The van der Waals surface area contributed by atoms with Crippen LogP contribution in [-0.4, -0.2) is 11.5 Å². The fraction of sp³-hybridized carbons (Fsp3) is 0.389. The Morgan fingerprint density at radius 2 is 1.18 bits per heavy atom. The van der Waals surface area contributed by atoms with E-state index in [4.69, 9.17) is 6.57 Å². The first-order chi connectivity index (χ1) is 21.5. The van der Waals surface area contributed by atoms with Crippen LogP contribution in [0, 0.1) is 52.4 Å². The third-order valence-electron chi connectivity index (χ3n) is 10.7. The molecule has 6 aliphatic carbocycles. The van der Waals surface area contributed by atoms with E-state index in [1.807, 2.05) is 18.2 Å². The molecule has 8 heteroatoms. The van der Waals surface area contributed by atoms with Crippen LogP contribution >= 0.6 is 22.7 Å². The molecule has 2 atom stereocenters. The number of hydrogen-bond acceptors (Lipinski definition) is 7. The lowest BCUT2D eigenvalue weighted by Crippen LogP contribution is -2.31. The molecule has 0 aromatic carbocycles. The Kier molecular flexibility index (Phi) is 6.25. The van der Waals surface area contributed by atoms with Crippen LogP contribution in [0.25, 0.3) is 16.0 Å². The van der Waals surface area contributed by atoms with Gasteiger partial charge in [-0.3, -0.25) is 0 Å². The van der Waals surface area contributed by atoms with Crippen molar-refractivity contribution >= 4 is 55.4 Å². The number of amidine groups is 1. The van der Waals surface area contributed by atoms with E-state index < -0.39 is 0 Å². The summed E-state index contributed by atoms with van der Waals surface area (Å²) in [6, 6.07) is 10.1. The predicted molar refractivity (Wildman–Crippen MR) is 175 cm³/mol. The largest absolute Gasteiger partial charge is 0.351 e. The quantitative estimate of drug-likeness (QED) is 0.193. The van der Waals surface area contributed by atoms with Crippen molar-refractivity contribution in [2.24, 2.45) is 21.8 Å². The highest BCUT2D eigenvalue weighted by molar-refractivity contribution is 7.17. The molecule has 2 saturated carbocycles. The Hall–Kier alpha value is -4.34. The first kappa shape index (κ1) is 27.2. The van der Waals surface area contributed by atoms with Crippen molar-refractivity contribution < 1.29 is 0 Å². The molecule has 6 aliphatic rings. The molecule has 2 aromatic heterocycles. The van der Waals surface area contributed by atoms with E-state index in [2.05, 4.69) is 51.3 Å². The summed E-state index contributed by atoms with van der Waals surface area (Å²) in [7, 11) is 0. The third kappa shape index (κ3) is 3.78. The minimum atomic E-state index is -0.109. The van der Waals surface area contributed by atoms with Crippen LogP contribution in [-0.2, 0) is 10.8 Å². The van der Waals surface area contributed by atoms with Crippen molar-refractivity contribution in [3.63, 3.8) is 0 Å². The molecule has 0 aliphatic heterocycles. The average Bonchev–Trinajstić information content (AvgIpc) is 3.79. The van der Waals surface area contributed by atoms with Crippen molar-refractivity contribution in [1.82, 2.24) is 0 Å². The average molecular weight is 609 g/mol. The number of aliphatic imine (C=N–C) groups is 2. The zero-order valence-electron chi connectivity index (χ0n) is 24.2. The fourth-order valence-corrected chi connectivity index (χ4v) is 11.3. The highest BCUT2D eigenvalue weighted by Crippen LogP contribution is 2.65. The highest BCUT2D eigenvalue weighted by atomic mass is 32.1. The van der Waals surface area contributed by atoms with E-state index in [1.54, 1.807) is 22.7 Å². The maximum Gasteiger partial charge on any atom is 0.350 e. The van der Waals surface area contributed by atoms with Gasteiger partial charge < -0.3 is 4.85 Å². The van der Waals surface area contributed by atoms with Crippen LogP contribution in [0.4, 0.5) is 10.0 Å². The third-order valence-corrected chi connectivity index (χ3v) is 12.8. The number of fused-ring (bicyclic) bond motifs is 11. The van der Waals surface area contributed by atoms with Crippen LogP contribution in [0.15, 0.2) is 57.6 Å². The van der Waals surface area contributed by atoms with Gasteiger partial charge in [0, 0.05) is 38.5 Å². The molecule has 8 rings (SSSR count). The Bertz CT molecular complexity index is 1810. The molecule has 214 valence electrons. The van der Waals surface area contributed by atoms with E-state index in [0.29, 0.717) is 0 Å². The van der Waals surface area contributed by atoms with Crippen LogP contribution in [0.3, 0.4) is 0 Å². The standard InChI is InChI=1S/C36H28N6S2/c1-40-30(20-39)42-32-17-29-34(44-32)25-13-22-14-26-24(12-21(22)15-27(25)36(29)10-6-3-7-11-36)33-28(35(26)8-4-2-5-9-35)16-31(43-33)41-23(18-37)19-38/h12-17,21-22H,2-11H2. The van der Waals surface area contributed by atoms with E-state index in [9.17, 15) is 15.8 Å². The van der Waals surface area contributed by atoms with Gasteiger partial charge in [-0.1, -0.05) is 85.7 Å². The van der Waals surface area contributed by atoms with Gasteiger partial charge in [0.1, 0.15) is 23.2 Å². The van der Waals surface area contributed by atoms with Gasteiger partial charge in [0.05, 0.1) is 0 Å². The molecule has 0 N–H and O–H groups in total. The zero-order valence-corrected chi connectivity index (χ0v) is 25.8. The lowest BCUT2D eigenvalue weighted by molar-refractivity contribution is 0.347. The predicted octanol–water partition coefficient (Wildman–Crippen LogP) is 9.41. The molecular weight excluding hydrogens is 581 g/mol. The van der Waals surface area contributed by atoms with E-state index in [1.165, 1.54) is 81.7 Å². The van der Waals surface area contributed by atoms with Crippen molar-refractivity contribution in [2.75, 3.05) is 0 Å². The number of hydrogen-bond donors (Lipinski definition) is 0. The molecule has 2 aromatic rings. The van der Waals surface area contributed by atoms with Crippen molar-refractivity contribution in [3.05, 3.63) is 79.9 Å². The summed E-state index contributed by atoms with van der Waals surface area (Å²) in [5, 5.41) is 29.5. The second-order valence-electron chi connectivity index (χ2n) is 12.8. The Morgan fingerprint density at radius 3 is 1.61 bits per heavy atom. The molecule has 0 saturated heterocycles. The number of nitriles is 3. The number of allylic oxidation sites excluding steroid dienone is 8. The topological polar surface area (TPSA) is 100 Å². The molecule has 44 heavy (non-hydrogen) atoms. The molecule has 0 amide bonds. The number of nitrogens with zero attached hydrogens (tertiary/aromatic N) is 6. The first-order valence-corrected chi connectivity index (χ1v) is 17.1. The van der Waals surface area contributed by atoms with E-state index >= 15 is 0 Å². The SMILES string of the molecule is [C-]#[N+]C(C#N)=Nc1cc2c(s1)C1=CC3C=C4C(=CC3C=C1C21CCCCC1)c1sc(N=C(C#N)C#N)cc1C41CCCCC1. The molecule has 2 spiro atoms. The van der Waals surface area contributed by atoms with Crippen LogP contribution in [0.5, 0.6) is 0 Å². The Labute approximate surface area is 265 Å². The Morgan fingerprint density at radius 1 is 0.705 bits per heavy atom. The molecule has 6 nitrogen and oxygen atoms in total. The van der Waals surface area contributed by atoms with Gasteiger partial charge >= 0.3 is 5.84 Å². The van der Waals surface area contributed by atoms with Crippen molar-refractivity contribution in [2.45, 2.75) is 75.0 Å². The monoisotopic (exact) mass is 608 g/mol. The summed E-state index contributed by atoms with van der Waals surface area (Å²) in [5.74, 6) is 0.419.